The van der Waals surface area contributed by atoms with Gasteiger partial charge in [0.05, 0.1) is 14.2 Å². The Morgan fingerprint density at radius 1 is 0.970 bits per heavy atom. The molecule has 0 amide bonds. The molecule has 1 aliphatic heterocycles. The minimum Gasteiger partial charge on any atom is -0.497 e. The first-order chi connectivity index (χ1) is 15.6. The molecule has 1 atom stereocenters. The lowest BCUT2D eigenvalue weighted by atomic mass is 9.74. The zero-order valence-electron chi connectivity index (χ0n) is 20.2. The Morgan fingerprint density at radius 2 is 1.55 bits per heavy atom. The van der Waals surface area contributed by atoms with Gasteiger partial charge in [-0.15, -0.1) is 24.0 Å². The number of methoxy groups -OCH3 is 2. The lowest BCUT2D eigenvalue weighted by Gasteiger charge is -2.38. The molecular formula is C26H38IN3O3. The second-order valence-corrected chi connectivity index (χ2v) is 8.44. The predicted molar refractivity (Wildman–Crippen MR) is 146 cm³/mol. The Balaban J connectivity index is 0.00000385. The highest BCUT2D eigenvalue weighted by Crippen LogP contribution is 2.35. The van der Waals surface area contributed by atoms with E-state index in [1.54, 1.807) is 14.2 Å². The van der Waals surface area contributed by atoms with E-state index in [0.717, 1.165) is 63.0 Å². The number of halogens is 1. The fourth-order valence-corrected chi connectivity index (χ4v) is 4.25. The first kappa shape index (κ1) is 27.2. The first-order valence-corrected chi connectivity index (χ1v) is 11.4. The molecule has 0 saturated carbocycles. The molecule has 1 unspecified atom stereocenters. The molecule has 1 aliphatic rings. The Kier molecular flexibility index (Phi) is 11.3. The molecule has 0 radical (unpaired) electrons. The summed E-state index contributed by atoms with van der Waals surface area (Å²) < 4.78 is 16.3. The standard InChI is InChI=1S/C26H37N3O3.HI/c1-20(21-5-9-23(30-3)10-6-21)13-16-28-25(27-2)29-19-26(14-17-32-18-15-26)22-7-11-24(31-4)12-8-22;/h5-12,20H,13-19H2,1-4H3,(H2,27,28,29);1H. The zero-order valence-corrected chi connectivity index (χ0v) is 22.6. The van der Waals surface area contributed by atoms with Crippen LogP contribution in [0.3, 0.4) is 0 Å². The lowest BCUT2D eigenvalue weighted by Crippen LogP contribution is -2.48. The highest BCUT2D eigenvalue weighted by Gasteiger charge is 2.34. The van der Waals surface area contributed by atoms with Gasteiger partial charge in [-0.25, -0.2) is 0 Å². The van der Waals surface area contributed by atoms with Crippen LogP contribution in [-0.2, 0) is 10.2 Å². The fraction of sp³-hybridized carbons (Fsp3) is 0.500. The highest BCUT2D eigenvalue weighted by atomic mass is 127. The number of hydrogen-bond acceptors (Lipinski definition) is 4. The third-order valence-corrected chi connectivity index (χ3v) is 6.52. The van der Waals surface area contributed by atoms with E-state index in [9.17, 15) is 0 Å². The van der Waals surface area contributed by atoms with Crippen molar-refractivity contribution in [2.75, 3.05) is 47.6 Å². The van der Waals surface area contributed by atoms with Crippen molar-refractivity contribution >= 4 is 29.9 Å². The van der Waals surface area contributed by atoms with E-state index in [4.69, 9.17) is 14.2 Å². The van der Waals surface area contributed by atoms with Crippen molar-refractivity contribution in [3.8, 4) is 11.5 Å². The summed E-state index contributed by atoms with van der Waals surface area (Å²) in [6.07, 6.45) is 2.99. The highest BCUT2D eigenvalue weighted by molar-refractivity contribution is 14.0. The van der Waals surface area contributed by atoms with Gasteiger partial charge in [-0.1, -0.05) is 31.2 Å². The molecule has 0 aliphatic carbocycles. The van der Waals surface area contributed by atoms with E-state index in [-0.39, 0.29) is 29.4 Å². The molecule has 1 heterocycles. The Hall–Kier alpha value is -2.00. The largest absolute Gasteiger partial charge is 0.497 e. The van der Waals surface area contributed by atoms with E-state index in [1.165, 1.54) is 11.1 Å². The summed E-state index contributed by atoms with van der Waals surface area (Å²) in [4.78, 5) is 4.44. The number of nitrogens with zero attached hydrogens (tertiary/aromatic N) is 1. The number of hydrogen-bond donors (Lipinski definition) is 2. The molecule has 3 rings (SSSR count). The molecule has 7 heteroatoms. The molecule has 0 aromatic heterocycles. The summed E-state index contributed by atoms with van der Waals surface area (Å²) in [7, 11) is 5.22. The van der Waals surface area contributed by atoms with Crippen molar-refractivity contribution in [2.24, 2.45) is 4.99 Å². The van der Waals surface area contributed by atoms with Crippen molar-refractivity contribution in [3.63, 3.8) is 0 Å². The van der Waals surface area contributed by atoms with Gasteiger partial charge in [0.25, 0.3) is 0 Å². The summed E-state index contributed by atoms with van der Waals surface area (Å²) in [6.45, 7) is 5.47. The molecule has 1 saturated heterocycles. The van der Waals surface area contributed by atoms with Gasteiger partial charge >= 0.3 is 0 Å². The maximum absolute atomic E-state index is 5.67. The number of benzene rings is 2. The molecule has 0 bridgehead atoms. The smallest absolute Gasteiger partial charge is 0.191 e. The predicted octanol–water partition coefficient (Wildman–Crippen LogP) is 4.73. The SMILES string of the molecule is CN=C(NCCC(C)c1ccc(OC)cc1)NCC1(c2ccc(OC)cc2)CCOCC1.I. The van der Waals surface area contributed by atoms with Crippen molar-refractivity contribution in [1.29, 1.82) is 0 Å². The summed E-state index contributed by atoms with van der Waals surface area (Å²) in [5.41, 5.74) is 2.66. The summed E-state index contributed by atoms with van der Waals surface area (Å²) in [6, 6.07) is 16.8. The quantitative estimate of drug-likeness (QED) is 0.261. The molecule has 2 N–H and O–H groups in total. The van der Waals surface area contributed by atoms with Crippen LogP contribution >= 0.6 is 24.0 Å². The molecule has 6 nitrogen and oxygen atoms in total. The van der Waals surface area contributed by atoms with Crippen LogP contribution in [0.1, 0.15) is 43.2 Å². The molecule has 2 aromatic carbocycles. The van der Waals surface area contributed by atoms with Gasteiger partial charge in [-0.3, -0.25) is 4.99 Å². The number of guanidine groups is 1. The zero-order chi connectivity index (χ0) is 22.8. The normalized spacial score (nSPS) is 16.3. The van der Waals surface area contributed by atoms with E-state index in [2.05, 4.69) is 46.8 Å². The Labute approximate surface area is 215 Å². The number of aliphatic imine (C=N–C) groups is 1. The average molecular weight is 568 g/mol. The topological polar surface area (TPSA) is 64.1 Å². The molecular weight excluding hydrogens is 529 g/mol. The number of rotatable bonds is 9. The monoisotopic (exact) mass is 567 g/mol. The van der Waals surface area contributed by atoms with Crippen LogP contribution in [0.2, 0.25) is 0 Å². The Bertz CT molecular complexity index is 850. The van der Waals surface area contributed by atoms with Crippen LogP contribution in [-0.4, -0.2) is 53.5 Å². The second-order valence-electron chi connectivity index (χ2n) is 8.44. The van der Waals surface area contributed by atoms with Crippen molar-refractivity contribution in [3.05, 3.63) is 59.7 Å². The summed E-state index contributed by atoms with van der Waals surface area (Å²) in [5.74, 6) is 3.06. The van der Waals surface area contributed by atoms with Gasteiger partial charge in [0, 0.05) is 38.8 Å². The molecule has 1 fully saturated rings. The van der Waals surface area contributed by atoms with Crippen molar-refractivity contribution in [2.45, 2.75) is 37.5 Å². The van der Waals surface area contributed by atoms with Gasteiger partial charge in [0.2, 0.25) is 0 Å². The third-order valence-electron chi connectivity index (χ3n) is 6.52. The first-order valence-electron chi connectivity index (χ1n) is 11.4. The van der Waals surface area contributed by atoms with Gasteiger partial charge in [-0.05, 0) is 60.6 Å². The maximum atomic E-state index is 5.67. The van der Waals surface area contributed by atoms with Gasteiger partial charge < -0.3 is 24.8 Å². The second kappa shape index (κ2) is 13.6. The molecule has 2 aromatic rings. The van der Waals surface area contributed by atoms with Crippen molar-refractivity contribution < 1.29 is 14.2 Å². The summed E-state index contributed by atoms with van der Waals surface area (Å²) >= 11 is 0. The van der Waals surface area contributed by atoms with Gasteiger partial charge in [-0.2, -0.15) is 0 Å². The Morgan fingerprint density at radius 3 is 2.09 bits per heavy atom. The fourth-order valence-electron chi connectivity index (χ4n) is 4.25. The van der Waals surface area contributed by atoms with Gasteiger partial charge in [0.15, 0.2) is 5.96 Å². The van der Waals surface area contributed by atoms with Crippen LogP contribution in [0.25, 0.3) is 0 Å². The maximum Gasteiger partial charge on any atom is 0.191 e. The number of nitrogens with one attached hydrogen (secondary N) is 2. The minimum absolute atomic E-state index is 0. The average Bonchev–Trinajstić information content (AvgIpc) is 2.86. The van der Waals surface area contributed by atoms with E-state index in [1.807, 2.05) is 31.3 Å². The van der Waals surface area contributed by atoms with E-state index < -0.39 is 0 Å². The van der Waals surface area contributed by atoms with Crippen LogP contribution in [0.5, 0.6) is 11.5 Å². The summed E-state index contributed by atoms with van der Waals surface area (Å²) in [5, 5.41) is 7.05. The molecule has 33 heavy (non-hydrogen) atoms. The van der Waals surface area contributed by atoms with Crippen LogP contribution in [0, 0.1) is 0 Å². The van der Waals surface area contributed by atoms with Crippen LogP contribution < -0.4 is 20.1 Å². The molecule has 0 spiro atoms. The third kappa shape index (κ3) is 7.50. The lowest BCUT2D eigenvalue weighted by molar-refractivity contribution is 0.0513. The van der Waals surface area contributed by atoms with Crippen LogP contribution in [0.15, 0.2) is 53.5 Å². The molecule has 182 valence electrons. The van der Waals surface area contributed by atoms with Crippen molar-refractivity contribution in [1.82, 2.24) is 10.6 Å². The number of ether oxygens (including phenoxy) is 3. The van der Waals surface area contributed by atoms with Gasteiger partial charge in [0.1, 0.15) is 11.5 Å². The minimum atomic E-state index is 0. The van der Waals surface area contributed by atoms with E-state index in [0.29, 0.717) is 5.92 Å². The van der Waals surface area contributed by atoms with Crippen LogP contribution in [0.4, 0.5) is 0 Å². The van der Waals surface area contributed by atoms with E-state index >= 15 is 0 Å².